The molecule has 1 aliphatic rings. The summed E-state index contributed by atoms with van der Waals surface area (Å²) in [7, 11) is -3.28. The highest BCUT2D eigenvalue weighted by molar-refractivity contribution is 7.92. The van der Waals surface area contributed by atoms with E-state index in [1.54, 1.807) is 18.2 Å². The quantitative estimate of drug-likeness (QED) is 0.896. The number of carbonyl (C=O) groups excluding carboxylic acids is 1. The number of sulfonamides is 1. The molecule has 3 rings (SSSR count). The van der Waals surface area contributed by atoms with Crippen molar-refractivity contribution >= 4 is 27.3 Å². The van der Waals surface area contributed by atoms with Crippen molar-refractivity contribution in [1.29, 1.82) is 0 Å². The van der Waals surface area contributed by atoms with Crippen molar-refractivity contribution in [2.75, 3.05) is 22.4 Å². The smallest absolute Gasteiger partial charge is 0.255 e. The number of carbonyl (C=O) groups is 1. The Labute approximate surface area is 155 Å². The fourth-order valence-corrected chi connectivity index (χ4v) is 4.07. The molecule has 0 saturated heterocycles. The van der Waals surface area contributed by atoms with E-state index < -0.39 is 10.0 Å². The monoisotopic (exact) mass is 372 g/mol. The van der Waals surface area contributed by atoms with Crippen molar-refractivity contribution in [3.8, 4) is 0 Å². The number of nitrogens with zero attached hydrogens (tertiary/aromatic N) is 1. The van der Waals surface area contributed by atoms with Crippen LogP contribution in [0.5, 0.6) is 0 Å². The van der Waals surface area contributed by atoms with Gasteiger partial charge in [-0.1, -0.05) is 32.9 Å². The van der Waals surface area contributed by atoms with Gasteiger partial charge in [-0.3, -0.25) is 9.10 Å². The SMILES string of the molecule is CC(C)(C)c1ccc(NC(=O)c2ccc3c(c2)CCN3S(C)(=O)=O)cc1. The summed E-state index contributed by atoms with van der Waals surface area (Å²) in [6, 6.07) is 13.0. The summed E-state index contributed by atoms with van der Waals surface area (Å²) in [5.74, 6) is -0.200. The number of hydrogen-bond donors (Lipinski definition) is 1. The summed E-state index contributed by atoms with van der Waals surface area (Å²) in [4.78, 5) is 12.5. The summed E-state index contributed by atoms with van der Waals surface area (Å²) in [6.07, 6.45) is 1.81. The van der Waals surface area contributed by atoms with Crippen LogP contribution in [-0.4, -0.2) is 27.1 Å². The van der Waals surface area contributed by atoms with Gasteiger partial charge in [-0.05, 0) is 53.3 Å². The molecule has 26 heavy (non-hydrogen) atoms. The largest absolute Gasteiger partial charge is 0.322 e. The van der Waals surface area contributed by atoms with E-state index in [-0.39, 0.29) is 11.3 Å². The Morgan fingerprint density at radius 1 is 1.08 bits per heavy atom. The van der Waals surface area contributed by atoms with Crippen molar-refractivity contribution in [2.24, 2.45) is 0 Å². The maximum Gasteiger partial charge on any atom is 0.255 e. The molecule has 0 radical (unpaired) electrons. The molecule has 0 fully saturated rings. The molecule has 6 heteroatoms. The zero-order chi connectivity index (χ0) is 19.1. The molecule has 0 aliphatic carbocycles. The third-order valence-corrected chi connectivity index (χ3v) is 5.78. The summed E-state index contributed by atoms with van der Waals surface area (Å²) < 4.78 is 25.0. The fourth-order valence-electron chi connectivity index (χ4n) is 3.11. The number of fused-ring (bicyclic) bond motifs is 1. The van der Waals surface area contributed by atoms with Crippen LogP contribution < -0.4 is 9.62 Å². The van der Waals surface area contributed by atoms with Crippen LogP contribution in [0.2, 0.25) is 0 Å². The number of benzene rings is 2. The van der Waals surface area contributed by atoms with Gasteiger partial charge >= 0.3 is 0 Å². The highest BCUT2D eigenvalue weighted by atomic mass is 32.2. The molecule has 1 aliphatic heterocycles. The molecule has 2 aromatic carbocycles. The van der Waals surface area contributed by atoms with Gasteiger partial charge in [0.15, 0.2) is 0 Å². The maximum absolute atomic E-state index is 12.5. The Kier molecular flexibility index (Phi) is 4.56. The third-order valence-electron chi connectivity index (χ3n) is 4.60. The van der Waals surface area contributed by atoms with E-state index in [4.69, 9.17) is 0 Å². The van der Waals surface area contributed by atoms with Crippen LogP contribution in [0.1, 0.15) is 42.3 Å². The lowest BCUT2D eigenvalue weighted by Crippen LogP contribution is -2.27. The van der Waals surface area contributed by atoms with Crippen molar-refractivity contribution in [3.63, 3.8) is 0 Å². The molecule has 0 bridgehead atoms. The predicted octanol–water partition coefficient (Wildman–Crippen LogP) is 3.56. The Balaban J connectivity index is 1.77. The van der Waals surface area contributed by atoms with Crippen LogP contribution in [0.4, 0.5) is 11.4 Å². The highest BCUT2D eigenvalue weighted by Crippen LogP contribution is 2.31. The van der Waals surface area contributed by atoms with Gasteiger partial charge in [0, 0.05) is 17.8 Å². The van der Waals surface area contributed by atoms with Gasteiger partial charge in [-0.25, -0.2) is 8.42 Å². The Morgan fingerprint density at radius 2 is 1.73 bits per heavy atom. The lowest BCUT2D eigenvalue weighted by molar-refractivity contribution is 0.102. The highest BCUT2D eigenvalue weighted by Gasteiger charge is 2.26. The summed E-state index contributed by atoms with van der Waals surface area (Å²) >= 11 is 0. The molecule has 1 N–H and O–H groups in total. The van der Waals surface area contributed by atoms with Crippen LogP contribution in [0.3, 0.4) is 0 Å². The first kappa shape index (κ1) is 18.5. The number of nitrogens with one attached hydrogen (secondary N) is 1. The van der Waals surface area contributed by atoms with Crippen molar-refractivity contribution in [3.05, 3.63) is 59.2 Å². The number of amides is 1. The molecule has 1 amide bonds. The second-order valence-electron chi connectivity index (χ2n) is 7.71. The molecule has 2 aromatic rings. The number of rotatable bonds is 3. The lowest BCUT2D eigenvalue weighted by Gasteiger charge is -2.19. The van der Waals surface area contributed by atoms with Gasteiger partial charge in [0.05, 0.1) is 11.9 Å². The number of anilines is 2. The molecule has 0 saturated carbocycles. The fraction of sp³-hybridized carbons (Fsp3) is 0.350. The lowest BCUT2D eigenvalue weighted by atomic mass is 9.87. The third kappa shape index (κ3) is 3.75. The average Bonchev–Trinajstić information content (AvgIpc) is 2.97. The molecular weight excluding hydrogens is 348 g/mol. The molecule has 0 atom stereocenters. The van der Waals surface area contributed by atoms with Gasteiger partial charge in [0.1, 0.15) is 0 Å². The standard InChI is InChI=1S/C20H24N2O3S/c1-20(2,3)16-6-8-17(9-7-16)21-19(23)15-5-10-18-14(13-15)11-12-22(18)26(4,24)25/h5-10,13H,11-12H2,1-4H3,(H,21,23). The van der Waals surface area contributed by atoms with Crippen molar-refractivity contribution < 1.29 is 13.2 Å². The van der Waals surface area contributed by atoms with E-state index in [1.165, 1.54) is 16.1 Å². The summed E-state index contributed by atoms with van der Waals surface area (Å²) in [5.41, 5.74) is 4.08. The minimum absolute atomic E-state index is 0.0635. The predicted molar refractivity (Wildman–Crippen MR) is 105 cm³/mol. The Hall–Kier alpha value is -2.34. The van der Waals surface area contributed by atoms with Crippen molar-refractivity contribution in [2.45, 2.75) is 32.6 Å². The van der Waals surface area contributed by atoms with Crippen LogP contribution in [-0.2, 0) is 21.9 Å². The van der Waals surface area contributed by atoms with Crippen LogP contribution in [0.25, 0.3) is 0 Å². The van der Waals surface area contributed by atoms with Gasteiger partial charge in [-0.15, -0.1) is 0 Å². The zero-order valence-corrected chi connectivity index (χ0v) is 16.4. The molecule has 1 heterocycles. The molecular formula is C20H24N2O3S. The van der Waals surface area contributed by atoms with E-state index in [2.05, 4.69) is 26.1 Å². The van der Waals surface area contributed by atoms with Gasteiger partial charge in [-0.2, -0.15) is 0 Å². The molecule has 0 spiro atoms. The Morgan fingerprint density at radius 3 is 2.31 bits per heavy atom. The van der Waals surface area contributed by atoms with E-state index in [0.29, 0.717) is 24.2 Å². The Bertz CT molecular complexity index is 942. The van der Waals surface area contributed by atoms with E-state index >= 15 is 0 Å². The van der Waals surface area contributed by atoms with Crippen LogP contribution in [0, 0.1) is 0 Å². The van der Waals surface area contributed by atoms with E-state index in [1.807, 2.05) is 24.3 Å². The average molecular weight is 372 g/mol. The second-order valence-corrected chi connectivity index (χ2v) is 9.62. The maximum atomic E-state index is 12.5. The minimum atomic E-state index is -3.28. The topological polar surface area (TPSA) is 66.5 Å². The van der Waals surface area contributed by atoms with E-state index in [0.717, 1.165) is 11.3 Å². The van der Waals surface area contributed by atoms with Crippen LogP contribution >= 0.6 is 0 Å². The number of hydrogen-bond acceptors (Lipinski definition) is 3. The van der Waals surface area contributed by atoms with E-state index in [9.17, 15) is 13.2 Å². The molecule has 0 aromatic heterocycles. The summed E-state index contributed by atoms with van der Waals surface area (Å²) in [6.45, 7) is 6.86. The summed E-state index contributed by atoms with van der Waals surface area (Å²) in [5, 5.41) is 2.90. The minimum Gasteiger partial charge on any atom is -0.322 e. The molecule has 5 nitrogen and oxygen atoms in total. The normalized spacial score (nSPS) is 14.2. The van der Waals surface area contributed by atoms with Crippen LogP contribution in [0.15, 0.2) is 42.5 Å². The molecule has 138 valence electrons. The van der Waals surface area contributed by atoms with Gasteiger partial charge in [0.25, 0.3) is 5.91 Å². The first-order chi connectivity index (χ1) is 12.1. The molecule has 0 unspecified atom stereocenters. The first-order valence-electron chi connectivity index (χ1n) is 8.58. The van der Waals surface area contributed by atoms with Gasteiger partial charge < -0.3 is 5.32 Å². The van der Waals surface area contributed by atoms with Gasteiger partial charge in [0.2, 0.25) is 10.0 Å². The first-order valence-corrected chi connectivity index (χ1v) is 10.4. The second kappa shape index (κ2) is 6.43. The van der Waals surface area contributed by atoms with Crippen molar-refractivity contribution in [1.82, 2.24) is 0 Å². The zero-order valence-electron chi connectivity index (χ0n) is 15.5.